The van der Waals surface area contributed by atoms with Gasteiger partial charge >= 0.3 is 0 Å². The van der Waals surface area contributed by atoms with Crippen molar-refractivity contribution < 1.29 is 22.7 Å². The third-order valence-electron chi connectivity index (χ3n) is 4.47. The maximum Gasteiger partial charge on any atom is 0.223 e. The van der Waals surface area contributed by atoms with Gasteiger partial charge in [-0.1, -0.05) is 6.92 Å². The van der Waals surface area contributed by atoms with E-state index in [2.05, 4.69) is 6.92 Å². The Morgan fingerprint density at radius 3 is 2.75 bits per heavy atom. The van der Waals surface area contributed by atoms with E-state index in [0.29, 0.717) is 30.6 Å². The fraction of sp³-hybridized carbons (Fsp3) is 0.588. The van der Waals surface area contributed by atoms with Crippen LogP contribution in [-0.2, 0) is 14.6 Å². The van der Waals surface area contributed by atoms with E-state index in [9.17, 15) is 13.2 Å². The van der Waals surface area contributed by atoms with Crippen LogP contribution in [0.5, 0.6) is 11.5 Å². The summed E-state index contributed by atoms with van der Waals surface area (Å²) in [7, 11) is -3.52. The first-order valence-corrected chi connectivity index (χ1v) is 10.0. The zero-order chi connectivity index (χ0) is 17.2. The number of hydrogen-bond acceptors (Lipinski definition) is 5. The maximum absolute atomic E-state index is 12.5. The van der Waals surface area contributed by atoms with Gasteiger partial charge < -0.3 is 14.4 Å². The number of sulfone groups is 1. The van der Waals surface area contributed by atoms with Crippen LogP contribution in [0.3, 0.4) is 0 Å². The molecule has 3 rings (SSSR count). The molecule has 0 aliphatic carbocycles. The van der Waals surface area contributed by atoms with Crippen LogP contribution in [0.15, 0.2) is 23.1 Å². The number of fused-ring (bicyclic) bond motifs is 1. The summed E-state index contributed by atoms with van der Waals surface area (Å²) in [5, 5.41) is 0. The van der Waals surface area contributed by atoms with Gasteiger partial charge in [-0.2, -0.15) is 0 Å². The summed E-state index contributed by atoms with van der Waals surface area (Å²) in [6.45, 7) is 4.44. The minimum atomic E-state index is -3.52. The highest BCUT2D eigenvalue weighted by molar-refractivity contribution is 7.91. The van der Waals surface area contributed by atoms with Crippen molar-refractivity contribution in [3.8, 4) is 11.5 Å². The summed E-state index contributed by atoms with van der Waals surface area (Å²) >= 11 is 0. The molecule has 1 unspecified atom stereocenters. The second kappa shape index (κ2) is 7.01. The molecule has 1 aromatic carbocycles. The Hall–Kier alpha value is -1.76. The lowest BCUT2D eigenvalue weighted by atomic mass is 10.0. The van der Waals surface area contributed by atoms with Crippen LogP contribution in [-0.4, -0.2) is 51.3 Å². The van der Waals surface area contributed by atoms with Crippen LogP contribution >= 0.6 is 0 Å². The number of benzene rings is 1. The van der Waals surface area contributed by atoms with E-state index in [1.165, 1.54) is 12.1 Å². The standard InChI is InChI=1S/C17H23NO5S/c1-13-3-2-7-18(12-13)17(19)6-10-24(20,21)14-4-5-15-16(11-14)23-9-8-22-15/h4-5,11,13H,2-3,6-10,12H2,1H3. The lowest BCUT2D eigenvalue weighted by Gasteiger charge is -2.31. The van der Waals surface area contributed by atoms with Crippen LogP contribution in [0.1, 0.15) is 26.2 Å². The molecule has 0 N–H and O–H groups in total. The molecule has 0 bridgehead atoms. The van der Waals surface area contributed by atoms with Crippen LogP contribution in [0.2, 0.25) is 0 Å². The average molecular weight is 353 g/mol. The number of hydrogen-bond donors (Lipinski definition) is 0. The van der Waals surface area contributed by atoms with E-state index in [4.69, 9.17) is 9.47 Å². The van der Waals surface area contributed by atoms with Crippen LogP contribution in [0, 0.1) is 5.92 Å². The molecule has 0 saturated carbocycles. The van der Waals surface area contributed by atoms with Crippen LogP contribution in [0.25, 0.3) is 0 Å². The molecule has 0 aromatic heterocycles. The number of ether oxygens (including phenoxy) is 2. The van der Waals surface area contributed by atoms with Gasteiger partial charge in [0.1, 0.15) is 13.2 Å². The van der Waals surface area contributed by atoms with Crippen molar-refractivity contribution in [1.82, 2.24) is 4.90 Å². The molecule has 6 nitrogen and oxygen atoms in total. The number of carbonyl (C=O) groups excluding carboxylic acids is 1. The first kappa shape index (κ1) is 17.1. The van der Waals surface area contributed by atoms with E-state index in [1.54, 1.807) is 11.0 Å². The second-order valence-electron chi connectivity index (χ2n) is 6.46. The number of piperidine rings is 1. The van der Waals surface area contributed by atoms with Crippen LogP contribution in [0.4, 0.5) is 0 Å². The summed E-state index contributed by atoms with van der Waals surface area (Å²) in [4.78, 5) is 14.2. The molecule has 1 atom stereocenters. The van der Waals surface area contributed by atoms with E-state index < -0.39 is 9.84 Å². The summed E-state index contributed by atoms with van der Waals surface area (Å²) in [6.07, 6.45) is 2.13. The normalized spacial score (nSPS) is 20.7. The molecule has 1 aromatic rings. The number of rotatable bonds is 4. The molecule has 132 valence electrons. The lowest BCUT2D eigenvalue weighted by molar-refractivity contribution is -0.132. The molecule has 1 fully saturated rings. The van der Waals surface area contributed by atoms with Gasteiger partial charge in [0, 0.05) is 25.6 Å². The summed E-state index contributed by atoms with van der Waals surface area (Å²) in [6, 6.07) is 4.60. The lowest BCUT2D eigenvalue weighted by Crippen LogP contribution is -2.39. The van der Waals surface area contributed by atoms with Crippen molar-refractivity contribution in [3.63, 3.8) is 0 Å². The molecular weight excluding hydrogens is 330 g/mol. The zero-order valence-electron chi connectivity index (χ0n) is 13.9. The predicted octanol–water partition coefficient (Wildman–Crippen LogP) is 1.88. The van der Waals surface area contributed by atoms with Gasteiger partial charge in [0.25, 0.3) is 0 Å². The van der Waals surface area contributed by atoms with Crippen molar-refractivity contribution in [1.29, 1.82) is 0 Å². The average Bonchev–Trinajstić information content (AvgIpc) is 2.59. The highest BCUT2D eigenvalue weighted by atomic mass is 32.2. The van der Waals surface area contributed by atoms with Crippen molar-refractivity contribution in [2.45, 2.75) is 31.1 Å². The molecule has 24 heavy (non-hydrogen) atoms. The van der Waals surface area contributed by atoms with Crippen molar-refractivity contribution in [2.75, 3.05) is 32.1 Å². The quantitative estimate of drug-likeness (QED) is 0.826. The minimum absolute atomic E-state index is 0.0174. The molecular formula is C17H23NO5S. The number of carbonyl (C=O) groups is 1. The largest absolute Gasteiger partial charge is 0.486 e. The van der Waals surface area contributed by atoms with E-state index in [0.717, 1.165) is 25.9 Å². The summed E-state index contributed by atoms with van der Waals surface area (Å²) < 4.78 is 35.8. The monoisotopic (exact) mass is 353 g/mol. The minimum Gasteiger partial charge on any atom is -0.486 e. The molecule has 2 aliphatic rings. The molecule has 2 aliphatic heterocycles. The number of nitrogens with zero attached hydrogens (tertiary/aromatic N) is 1. The molecule has 7 heteroatoms. The second-order valence-corrected chi connectivity index (χ2v) is 8.57. The zero-order valence-corrected chi connectivity index (χ0v) is 14.7. The SMILES string of the molecule is CC1CCCN(C(=O)CCS(=O)(=O)c2ccc3c(c2)OCCO3)C1. The fourth-order valence-electron chi connectivity index (χ4n) is 3.13. The Bertz CT molecular complexity index is 716. The summed E-state index contributed by atoms with van der Waals surface area (Å²) in [5.41, 5.74) is 0. The summed E-state index contributed by atoms with van der Waals surface area (Å²) in [5.74, 6) is 1.22. The molecule has 2 heterocycles. The third-order valence-corrected chi connectivity index (χ3v) is 6.18. The van der Waals surface area contributed by atoms with Crippen molar-refractivity contribution in [3.05, 3.63) is 18.2 Å². The highest BCUT2D eigenvalue weighted by Gasteiger charge is 2.24. The molecule has 1 amide bonds. The number of amides is 1. The molecule has 0 spiro atoms. The van der Waals surface area contributed by atoms with E-state index >= 15 is 0 Å². The topological polar surface area (TPSA) is 72.9 Å². The van der Waals surface area contributed by atoms with Gasteiger partial charge in [-0.05, 0) is 30.9 Å². The smallest absolute Gasteiger partial charge is 0.223 e. The van der Waals surface area contributed by atoms with Gasteiger partial charge in [-0.15, -0.1) is 0 Å². The van der Waals surface area contributed by atoms with E-state index in [-0.39, 0.29) is 23.0 Å². The van der Waals surface area contributed by atoms with Gasteiger partial charge in [-0.3, -0.25) is 4.79 Å². The van der Waals surface area contributed by atoms with Crippen molar-refractivity contribution >= 4 is 15.7 Å². The predicted molar refractivity (Wildman–Crippen MR) is 89.1 cm³/mol. The first-order valence-electron chi connectivity index (χ1n) is 8.36. The van der Waals surface area contributed by atoms with Gasteiger partial charge in [0.15, 0.2) is 21.3 Å². The van der Waals surface area contributed by atoms with E-state index in [1.807, 2.05) is 0 Å². The van der Waals surface area contributed by atoms with Crippen LogP contribution < -0.4 is 9.47 Å². The Balaban J connectivity index is 1.64. The van der Waals surface area contributed by atoms with Gasteiger partial charge in [0.05, 0.1) is 10.6 Å². The Kier molecular flexibility index (Phi) is 4.99. The first-order chi connectivity index (χ1) is 11.5. The molecule has 1 saturated heterocycles. The number of likely N-dealkylation sites (tertiary alicyclic amines) is 1. The third kappa shape index (κ3) is 3.83. The molecule has 0 radical (unpaired) electrons. The van der Waals surface area contributed by atoms with Gasteiger partial charge in [0.2, 0.25) is 5.91 Å². The maximum atomic E-state index is 12.5. The Labute approximate surface area is 142 Å². The fourth-order valence-corrected chi connectivity index (χ4v) is 4.37. The Morgan fingerprint density at radius 2 is 2.00 bits per heavy atom. The highest BCUT2D eigenvalue weighted by Crippen LogP contribution is 2.32. The van der Waals surface area contributed by atoms with Gasteiger partial charge in [-0.25, -0.2) is 8.42 Å². The Morgan fingerprint density at radius 1 is 1.25 bits per heavy atom. The van der Waals surface area contributed by atoms with Crippen molar-refractivity contribution in [2.24, 2.45) is 5.92 Å².